The monoisotopic (exact) mass is 333 g/mol. The molecule has 0 atom stereocenters. The highest BCUT2D eigenvalue weighted by Gasteiger charge is 2.21. The van der Waals surface area contributed by atoms with Crippen LogP contribution in [0.15, 0.2) is 16.6 Å². The van der Waals surface area contributed by atoms with E-state index in [1.807, 2.05) is 7.05 Å². The first kappa shape index (κ1) is 14.2. The van der Waals surface area contributed by atoms with Gasteiger partial charge in [0.15, 0.2) is 11.6 Å². The van der Waals surface area contributed by atoms with Crippen LogP contribution in [0.4, 0.5) is 19.3 Å². The molecule has 1 saturated heterocycles. The number of nitrogens with zero attached hydrogens (tertiary/aromatic N) is 2. The van der Waals surface area contributed by atoms with Gasteiger partial charge in [0.1, 0.15) is 5.69 Å². The van der Waals surface area contributed by atoms with Crippen molar-refractivity contribution in [3.05, 3.63) is 28.2 Å². The zero-order chi connectivity index (χ0) is 14.0. The molecule has 1 aliphatic rings. The first-order chi connectivity index (χ1) is 8.97. The molecule has 1 fully saturated rings. The highest BCUT2D eigenvalue weighted by molar-refractivity contribution is 9.10. The predicted octanol–water partition coefficient (Wildman–Crippen LogP) is 2.51. The summed E-state index contributed by atoms with van der Waals surface area (Å²) in [5, 5.41) is 2.29. The summed E-state index contributed by atoms with van der Waals surface area (Å²) in [5.41, 5.74) is -0.410. The Kier molecular flexibility index (Phi) is 4.36. The summed E-state index contributed by atoms with van der Waals surface area (Å²) in [6, 6.07) is 1.75. The Labute approximate surface area is 118 Å². The van der Waals surface area contributed by atoms with Gasteiger partial charge < -0.3 is 15.1 Å². The van der Waals surface area contributed by atoms with Gasteiger partial charge in [-0.05, 0) is 19.2 Å². The van der Waals surface area contributed by atoms with Gasteiger partial charge in [0, 0.05) is 30.7 Å². The van der Waals surface area contributed by atoms with Crippen molar-refractivity contribution in [2.45, 2.75) is 0 Å². The molecule has 2 amide bonds. The average molecular weight is 334 g/mol. The molecule has 2 rings (SSSR count). The molecule has 1 heterocycles. The fourth-order valence-electron chi connectivity index (χ4n) is 1.86. The first-order valence-corrected chi connectivity index (χ1v) is 6.65. The van der Waals surface area contributed by atoms with Crippen molar-refractivity contribution in [1.82, 2.24) is 9.80 Å². The minimum absolute atomic E-state index is 0.292. The number of hydrogen-bond acceptors (Lipinski definition) is 2. The van der Waals surface area contributed by atoms with E-state index in [1.54, 1.807) is 4.90 Å². The highest BCUT2D eigenvalue weighted by atomic mass is 79.9. The van der Waals surface area contributed by atoms with Crippen molar-refractivity contribution < 1.29 is 13.6 Å². The van der Waals surface area contributed by atoms with Crippen LogP contribution in [-0.4, -0.2) is 49.1 Å². The third-order valence-corrected chi connectivity index (χ3v) is 3.49. The highest BCUT2D eigenvalue weighted by Crippen LogP contribution is 2.24. The lowest BCUT2D eigenvalue weighted by atomic mass is 10.3. The maximum atomic E-state index is 13.6. The second-order valence-corrected chi connectivity index (χ2v) is 5.38. The number of halogens is 3. The van der Waals surface area contributed by atoms with Gasteiger partial charge in [-0.15, -0.1) is 0 Å². The minimum atomic E-state index is -0.797. The van der Waals surface area contributed by atoms with Gasteiger partial charge >= 0.3 is 6.03 Å². The lowest BCUT2D eigenvalue weighted by molar-refractivity contribution is 0.164. The number of nitrogens with one attached hydrogen (secondary N) is 1. The van der Waals surface area contributed by atoms with Crippen LogP contribution in [0, 0.1) is 11.6 Å². The Hall–Kier alpha value is -1.21. The van der Waals surface area contributed by atoms with Crippen molar-refractivity contribution in [1.29, 1.82) is 0 Å². The van der Waals surface area contributed by atoms with Crippen molar-refractivity contribution >= 4 is 27.6 Å². The van der Waals surface area contributed by atoms with Gasteiger partial charge in [-0.3, -0.25) is 0 Å². The number of hydrogen-bond donors (Lipinski definition) is 1. The Bertz CT molecular complexity index is 467. The molecule has 0 aromatic heterocycles. The zero-order valence-electron chi connectivity index (χ0n) is 10.4. The van der Waals surface area contributed by atoms with E-state index < -0.39 is 23.4 Å². The molecule has 1 aromatic rings. The van der Waals surface area contributed by atoms with Crippen LogP contribution < -0.4 is 5.32 Å². The standard InChI is InChI=1S/C12H14BrF2N3O/c1-17-2-4-18(5-3-17)12(19)16-11-9(14)6-8(13)7-10(11)15/h6-7H,2-5H2,1H3,(H,16,19). The molecule has 0 bridgehead atoms. The number of carbonyl (C=O) groups excluding carboxylic acids is 1. The average Bonchev–Trinajstić information content (AvgIpc) is 2.34. The third kappa shape index (κ3) is 3.42. The van der Waals surface area contributed by atoms with E-state index in [0.717, 1.165) is 25.2 Å². The maximum absolute atomic E-state index is 13.6. The normalized spacial score (nSPS) is 16.5. The lowest BCUT2D eigenvalue weighted by Gasteiger charge is -2.32. The molecule has 0 radical (unpaired) electrons. The summed E-state index contributed by atoms with van der Waals surface area (Å²) in [6.45, 7) is 2.58. The number of urea groups is 1. The van der Waals surface area contributed by atoms with E-state index in [1.165, 1.54) is 0 Å². The molecule has 1 aromatic carbocycles. The first-order valence-electron chi connectivity index (χ1n) is 5.86. The number of rotatable bonds is 1. The predicted molar refractivity (Wildman–Crippen MR) is 72.1 cm³/mol. The van der Waals surface area contributed by atoms with Crippen molar-refractivity contribution in [2.24, 2.45) is 0 Å². The molecule has 1 N–H and O–H groups in total. The molecule has 0 aliphatic carbocycles. The Morgan fingerprint density at radius 3 is 2.26 bits per heavy atom. The molecule has 104 valence electrons. The minimum Gasteiger partial charge on any atom is -0.322 e. The lowest BCUT2D eigenvalue weighted by Crippen LogP contribution is -2.48. The fraction of sp³-hybridized carbons (Fsp3) is 0.417. The van der Waals surface area contributed by atoms with Crippen molar-refractivity contribution in [3.8, 4) is 0 Å². The van der Waals surface area contributed by atoms with Crippen LogP contribution >= 0.6 is 15.9 Å². The van der Waals surface area contributed by atoms with Gasteiger partial charge in [-0.2, -0.15) is 0 Å². The summed E-state index contributed by atoms with van der Waals surface area (Å²) in [6.07, 6.45) is 0. The molecule has 19 heavy (non-hydrogen) atoms. The molecule has 7 heteroatoms. The largest absolute Gasteiger partial charge is 0.322 e. The van der Waals surface area contributed by atoms with Crippen molar-refractivity contribution in [3.63, 3.8) is 0 Å². The van der Waals surface area contributed by atoms with E-state index in [2.05, 4.69) is 26.1 Å². The number of anilines is 1. The topological polar surface area (TPSA) is 35.6 Å². The molecule has 0 saturated carbocycles. The number of carbonyl (C=O) groups is 1. The zero-order valence-corrected chi connectivity index (χ0v) is 12.0. The van der Waals surface area contributed by atoms with Gasteiger partial charge in [0.25, 0.3) is 0 Å². The van der Waals surface area contributed by atoms with Crippen LogP contribution in [0.5, 0.6) is 0 Å². The summed E-state index contributed by atoms with van der Waals surface area (Å²) >= 11 is 2.99. The maximum Gasteiger partial charge on any atom is 0.322 e. The van der Waals surface area contributed by atoms with E-state index in [0.29, 0.717) is 17.6 Å². The number of likely N-dealkylation sites (N-methyl/N-ethyl adjacent to an activating group) is 1. The second kappa shape index (κ2) is 5.83. The SMILES string of the molecule is CN1CCN(C(=O)Nc2c(F)cc(Br)cc2F)CC1. The number of amides is 2. The summed E-state index contributed by atoms with van der Waals surface area (Å²) in [7, 11) is 1.96. The van der Waals surface area contributed by atoms with Crippen molar-refractivity contribution in [2.75, 3.05) is 38.5 Å². The number of piperazine rings is 1. The van der Waals surface area contributed by atoms with Crippen LogP contribution in [-0.2, 0) is 0 Å². The molecule has 4 nitrogen and oxygen atoms in total. The van der Waals surface area contributed by atoms with Crippen LogP contribution in [0.1, 0.15) is 0 Å². The summed E-state index contributed by atoms with van der Waals surface area (Å²) in [5.74, 6) is -1.59. The van der Waals surface area contributed by atoms with Gasteiger partial charge in [-0.25, -0.2) is 13.6 Å². The van der Waals surface area contributed by atoms with Crippen LogP contribution in [0.2, 0.25) is 0 Å². The molecule has 0 unspecified atom stereocenters. The molecule has 0 spiro atoms. The van der Waals surface area contributed by atoms with Gasteiger partial charge in [-0.1, -0.05) is 15.9 Å². The van der Waals surface area contributed by atoms with E-state index in [9.17, 15) is 13.6 Å². The summed E-state index contributed by atoms with van der Waals surface area (Å²) in [4.78, 5) is 15.5. The van der Waals surface area contributed by atoms with E-state index >= 15 is 0 Å². The fourth-order valence-corrected chi connectivity index (χ4v) is 2.26. The Morgan fingerprint density at radius 2 is 1.74 bits per heavy atom. The molecular formula is C12H14BrF2N3O. The Morgan fingerprint density at radius 1 is 1.21 bits per heavy atom. The molecule has 1 aliphatic heterocycles. The second-order valence-electron chi connectivity index (χ2n) is 4.46. The van der Waals surface area contributed by atoms with Gasteiger partial charge in [0.05, 0.1) is 0 Å². The summed E-state index contributed by atoms with van der Waals surface area (Å²) < 4.78 is 27.5. The third-order valence-electron chi connectivity index (χ3n) is 3.03. The Balaban J connectivity index is 2.07. The number of benzene rings is 1. The quantitative estimate of drug-likeness (QED) is 0.857. The smallest absolute Gasteiger partial charge is 0.322 e. The van der Waals surface area contributed by atoms with E-state index in [-0.39, 0.29) is 0 Å². The van der Waals surface area contributed by atoms with Gasteiger partial charge in [0.2, 0.25) is 0 Å². The van der Waals surface area contributed by atoms with Crippen LogP contribution in [0.25, 0.3) is 0 Å². The molecular weight excluding hydrogens is 320 g/mol. The van der Waals surface area contributed by atoms with Crippen LogP contribution in [0.3, 0.4) is 0 Å². The van der Waals surface area contributed by atoms with E-state index in [4.69, 9.17) is 0 Å².